The number of tetrazole rings is 1. The average molecular weight is 291 g/mol. The monoisotopic (exact) mass is 291 g/mol. The molecule has 112 valence electrons. The van der Waals surface area contributed by atoms with Gasteiger partial charge >= 0.3 is 5.97 Å². The smallest absolute Gasteiger partial charge is 0.325 e. The van der Waals surface area contributed by atoms with Crippen LogP contribution in [0, 0.1) is 0 Å². The Bertz CT molecular complexity index is 601. The number of hydrogen-bond donors (Lipinski definition) is 1. The Hall–Kier alpha value is -2.32. The second-order valence-electron chi connectivity index (χ2n) is 5.24. The molecule has 0 amide bonds. The standard InChI is InChI=1S/C12H17N7O2/c20-11(21)7-19-10(5-6-18-8-13-16-17-18)14-12(15-19)9-3-1-2-4-9/h8-9H,1-7H2,(H,20,21). The molecular weight excluding hydrogens is 274 g/mol. The number of rotatable bonds is 6. The van der Waals surface area contributed by atoms with Crippen molar-refractivity contribution in [1.82, 2.24) is 35.0 Å². The van der Waals surface area contributed by atoms with E-state index < -0.39 is 5.97 Å². The van der Waals surface area contributed by atoms with Gasteiger partial charge in [-0.05, 0) is 23.3 Å². The van der Waals surface area contributed by atoms with Crippen LogP contribution in [0.25, 0.3) is 0 Å². The molecule has 1 saturated carbocycles. The first kappa shape index (κ1) is 13.7. The van der Waals surface area contributed by atoms with E-state index in [-0.39, 0.29) is 6.54 Å². The Morgan fingerprint density at radius 1 is 1.38 bits per heavy atom. The van der Waals surface area contributed by atoms with Crippen molar-refractivity contribution in [2.45, 2.75) is 51.1 Å². The van der Waals surface area contributed by atoms with Gasteiger partial charge in [0.2, 0.25) is 0 Å². The van der Waals surface area contributed by atoms with Gasteiger partial charge in [0.25, 0.3) is 0 Å². The maximum Gasteiger partial charge on any atom is 0.325 e. The fourth-order valence-electron chi connectivity index (χ4n) is 2.69. The van der Waals surface area contributed by atoms with Crippen molar-refractivity contribution in [2.24, 2.45) is 0 Å². The van der Waals surface area contributed by atoms with Crippen molar-refractivity contribution in [3.05, 3.63) is 18.0 Å². The van der Waals surface area contributed by atoms with Crippen molar-refractivity contribution >= 4 is 5.97 Å². The zero-order valence-corrected chi connectivity index (χ0v) is 11.6. The van der Waals surface area contributed by atoms with Crippen LogP contribution in [0.2, 0.25) is 0 Å². The first-order chi connectivity index (χ1) is 10.2. The van der Waals surface area contributed by atoms with Crippen molar-refractivity contribution in [3.8, 4) is 0 Å². The number of aryl methyl sites for hydroxylation is 2. The maximum absolute atomic E-state index is 11.0. The second-order valence-corrected chi connectivity index (χ2v) is 5.24. The van der Waals surface area contributed by atoms with Crippen molar-refractivity contribution in [2.75, 3.05) is 0 Å². The van der Waals surface area contributed by atoms with E-state index >= 15 is 0 Å². The summed E-state index contributed by atoms with van der Waals surface area (Å²) >= 11 is 0. The molecule has 3 rings (SSSR count). The summed E-state index contributed by atoms with van der Waals surface area (Å²) in [6.45, 7) is 0.389. The Labute approximate surface area is 121 Å². The summed E-state index contributed by atoms with van der Waals surface area (Å²) in [4.78, 5) is 15.5. The van der Waals surface area contributed by atoms with E-state index in [0.29, 0.717) is 24.7 Å². The second kappa shape index (κ2) is 5.98. The highest BCUT2D eigenvalue weighted by molar-refractivity contribution is 5.66. The van der Waals surface area contributed by atoms with E-state index in [9.17, 15) is 4.79 Å². The van der Waals surface area contributed by atoms with Crippen LogP contribution in [0.1, 0.15) is 43.3 Å². The van der Waals surface area contributed by atoms with Crippen LogP contribution >= 0.6 is 0 Å². The van der Waals surface area contributed by atoms with Gasteiger partial charge in [-0.25, -0.2) is 14.3 Å². The van der Waals surface area contributed by atoms with Gasteiger partial charge in [0.05, 0.1) is 6.54 Å². The molecule has 2 aromatic rings. The molecule has 1 aliphatic rings. The average Bonchev–Trinajstić information content (AvgIpc) is 3.18. The molecule has 2 heterocycles. The van der Waals surface area contributed by atoms with Crippen LogP contribution in [-0.4, -0.2) is 46.0 Å². The van der Waals surface area contributed by atoms with Crippen LogP contribution in [0.3, 0.4) is 0 Å². The van der Waals surface area contributed by atoms with Gasteiger partial charge in [0.1, 0.15) is 18.7 Å². The van der Waals surface area contributed by atoms with Crippen LogP contribution < -0.4 is 0 Å². The first-order valence-corrected chi connectivity index (χ1v) is 7.08. The van der Waals surface area contributed by atoms with Gasteiger partial charge in [0, 0.05) is 12.3 Å². The minimum Gasteiger partial charge on any atom is -0.480 e. The molecule has 0 aromatic carbocycles. The molecule has 1 aliphatic carbocycles. The van der Waals surface area contributed by atoms with Crippen LogP contribution in [-0.2, 0) is 24.3 Å². The lowest BCUT2D eigenvalue weighted by Gasteiger charge is -2.02. The van der Waals surface area contributed by atoms with Crippen molar-refractivity contribution in [1.29, 1.82) is 0 Å². The lowest BCUT2D eigenvalue weighted by molar-refractivity contribution is -0.137. The minimum atomic E-state index is -0.915. The summed E-state index contributed by atoms with van der Waals surface area (Å²) in [5, 5.41) is 24.3. The van der Waals surface area contributed by atoms with Gasteiger partial charge in [-0.3, -0.25) is 4.79 Å². The molecule has 0 radical (unpaired) electrons. The van der Waals surface area contributed by atoms with Gasteiger partial charge in [0.15, 0.2) is 5.82 Å². The summed E-state index contributed by atoms with van der Waals surface area (Å²) in [7, 11) is 0. The molecule has 0 bridgehead atoms. The van der Waals surface area contributed by atoms with Gasteiger partial charge in [-0.15, -0.1) is 5.10 Å². The third-order valence-corrected chi connectivity index (χ3v) is 3.73. The molecule has 9 heteroatoms. The molecular formula is C12H17N7O2. The first-order valence-electron chi connectivity index (χ1n) is 7.08. The number of hydrogen-bond acceptors (Lipinski definition) is 6. The number of aliphatic carboxylic acids is 1. The largest absolute Gasteiger partial charge is 0.480 e. The maximum atomic E-state index is 11.0. The molecule has 21 heavy (non-hydrogen) atoms. The normalized spacial score (nSPS) is 15.6. The quantitative estimate of drug-likeness (QED) is 0.811. The highest BCUT2D eigenvalue weighted by Crippen LogP contribution is 2.32. The highest BCUT2D eigenvalue weighted by atomic mass is 16.4. The molecule has 0 saturated heterocycles. The lowest BCUT2D eigenvalue weighted by atomic mass is 10.1. The third-order valence-electron chi connectivity index (χ3n) is 3.73. The van der Waals surface area contributed by atoms with E-state index in [1.165, 1.54) is 23.9 Å². The van der Waals surface area contributed by atoms with E-state index in [2.05, 4.69) is 25.6 Å². The molecule has 0 unspecified atom stereocenters. The van der Waals surface area contributed by atoms with Crippen molar-refractivity contribution < 1.29 is 9.90 Å². The van der Waals surface area contributed by atoms with Crippen LogP contribution in [0.15, 0.2) is 6.33 Å². The topological polar surface area (TPSA) is 112 Å². The Morgan fingerprint density at radius 2 is 2.19 bits per heavy atom. The van der Waals surface area contributed by atoms with Gasteiger partial charge in [-0.2, -0.15) is 5.10 Å². The zero-order valence-electron chi connectivity index (χ0n) is 11.6. The number of aromatic nitrogens is 7. The molecule has 0 spiro atoms. The number of carboxylic acids is 1. The summed E-state index contributed by atoms with van der Waals surface area (Å²) in [6.07, 6.45) is 6.64. The molecule has 2 aromatic heterocycles. The van der Waals surface area contributed by atoms with E-state index in [0.717, 1.165) is 18.7 Å². The predicted molar refractivity (Wildman–Crippen MR) is 70.4 cm³/mol. The summed E-state index contributed by atoms with van der Waals surface area (Å²) in [6, 6.07) is 0. The lowest BCUT2D eigenvalue weighted by Crippen LogP contribution is -2.15. The van der Waals surface area contributed by atoms with Gasteiger partial charge < -0.3 is 5.11 Å². The van der Waals surface area contributed by atoms with Crippen molar-refractivity contribution in [3.63, 3.8) is 0 Å². The molecule has 0 aliphatic heterocycles. The SMILES string of the molecule is O=C(O)Cn1nc(C2CCCC2)nc1CCn1cnnn1. The number of nitrogens with zero attached hydrogens (tertiary/aromatic N) is 7. The fraction of sp³-hybridized carbons (Fsp3) is 0.667. The predicted octanol–water partition coefficient (Wildman–Crippen LogP) is 0.249. The van der Waals surface area contributed by atoms with E-state index in [1.807, 2.05) is 0 Å². The molecule has 1 N–H and O–H groups in total. The molecule has 1 fully saturated rings. The zero-order chi connectivity index (χ0) is 14.7. The summed E-state index contributed by atoms with van der Waals surface area (Å²) in [5.41, 5.74) is 0. The van der Waals surface area contributed by atoms with Crippen LogP contribution in [0.5, 0.6) is 0 Å². The fourth-order valence-corrected chi connectivity index (χ4v) is 2.69. The molecule has 0 atom stereocenters. The highest BCUT2D eigenvalue weighted by Gasteiger charge is 2.23. The Balaban J connectivity index is 1.76. The van der Waals surface area contributed by atoms with E-state index in [1.54, 1.807) is 4.68 Å². The molecule has 9 nitrogen and oxygen atoms in total. The summed E-state index contributed by atoms with van der Waals surface area (Å²) < 4.78 is 3.08. The summed E-state index contributed by atoms with van der Waals surface area (Å²) in [5.74, 6) is 0.906. The number of carboxylic acid groups (broad SMARTS) is 1. The van der Waals surface area contributed by atoms with Gasteiger partial charge in [-0.1, -0.05) is 12.8 Å². The van der Waals surface area contributed by atoms with Crippen LogP contribution in [0.4, 0.5) is 0 Å². The van der Waals surface area contributed by atoms with E-state index in [4.69, 9.17) is 5.11 Å². The third kappa shape index (κ3) is 3.23. The Kier molecular flexibility index (Phi) is 3.89. The minimum absolute atomic E-state index is 0.162. The number of carbonyl (C=O) groups is 1. The Morgan fingerprint density at radius 3 is 2.86 bits per heavy atom.